The van der Waals surface area contributed by atoms with Gasteiger partial charge in [0.2, 0.25) is 11.6 Å². The maximum absolute atomic E-state index is 12.7. The molecule has 3 rings (SSSR count). The van der Waals surface area contributed by atoms with Crippen LogP contribution >= 0.6 is 0 Å². The Bertz CT molecular complexity index is 914. The summed E-state index contributed by atoms with van der Waals surface area (Å²) in [7, 11) is 0. The van der Waals surface area contributed by atoms with E-state index in [1.807, 2.05) is 31.2 Å². The van der Waals surface area contributed by atoms with Crippen LogP contribution in [-0.2, 0) is 4.79 Å². The van der Waals surface area contributed by atoms with Crippen LogP contribution in [0.3, 0.4) is 0 Å². The molecule has 2 aromatic rings. The molecule has 2 aromatic carbocycles. The highest BCUT2D eigenvalue weighted by molar-refractivity contribution is 6.54. The topological polar surface area (TPSA) is 54.4 Å². The predicted octanol–water partition coefficient (Wildman–Crippen LogP) is 4.39. The molecule has 0 spiro atoms. The number of hydrogen-bond donors (Lipinski definition) is 1. The number of allylic oxidation sites excluding steroid dienone is 2. The van der Waals surface area contributed by atoms with Gasteiger partial charge in [-0.15, -0.1) is 6.58 Å². The molecule has 0 amide bonds. The quantitative estimate of drug-likeness (QED) is 0.661. The van der Waals surface area contributed by atoms with Gasteiger partial charge in [-0.25, -0.2) is 0 Å². The molecular formula is C20H18O3. The van der Waals surface area contributed by atoms with Crippen LogP contribution in [0.25, 0.3) is 16.5 Å². The van der Waals surface area contributed by atoms with E-state index >= 15 is 0 Å². The lowest BCUT2D eigenvalue weighted by Gasteiger charge is -2.28. The van der Waals surface area contributed by atoms with Crippen molar-refractivity contribution >= 4 is 28.1 Å². The smallest absolute Gasteiger partial charge is 0.234 e. The largest absolute Gasteiger partial charge is 0.507 e. The molecule has 0 atom stereocenters. The maximum Gasteiger partial charge on any atom is 0.234 e. The number of carbonyl (C=O) groups excluding carboxylic acids is 2. The van der Waals surface area contributed by atoms with Gasteiger partial charge < -0.3 is 5.11 Å². The molecule has 0 radical (unpaired) electrons. The van der Waals surface area contributed by atoms with Crippen LogP contribution in [0, 0.1) is 12.3 Å². The highest BCUT2D eigenvalue weighted by Crippen LogP contribution is 2.41. The highest BCUT2D eigenvalue weighted by atomic mass is 16.3. The molecule has 23 heavy (non-hydrogen) atoms. The van der Waals surface area contributed by atoms with E-state index in [9.17, 15) is 14.7 Å². The van der Waals surface area contributed by atoms with Crippen molar-refractivity contribution in [2.75, 3.05) is 0 Å². The first-order chi connectivity index (χ1) is 10.8. The number of aryl methyl sites for hydroxylation is 1. The summed E-state index contributed by atoms with van der Waals surface area (Å²) in [5.41, 5.74) is 0.991. The summed E-state index contributed by atoms with van der Waals surface area (Å²) in [6, 6.07) is 9.20. The van der Waals surface area contributed by atoms with Crippen molar-refractivity contribution in [2.45, 2.75) is 20.8 Å². The van der Waals surface area contributed by atoms with Crippen LogP contribution in [-0.4, -0.2) is 16.7 Å². The summed E-state index contributed by atoms with van der Waals surface area (Å²) in [6.45, 7) is 9.16. The summed E-state index contributed by atoms with van der Waals surface area (Å²) < 4.78 is 0. The number of Topliss-reactive ketones (excluding diaryl/α,β-unsaturated/α-hetero) is 2. The summed E-state index contributed by atoms with van der Waals surface area (Å²) in [5.74, 6) is -1.35. The van der Waals surface area contributed by atoms with Crippen molar-refractivity contribution in [3.63, 3.8) is 0 Å². The zero-order chi connectivity index (χ0) is 16.9. The summed E-state index contributed by atoms with van der Waals surface area (Å²) >= 11 is 0. The third-order valence-electron chi connectivity index (χ3n) is 4.56. The lowest BCUT2D eigenvalue weighted by Crippen LogP contribution is -2.31. The van der Waals surface area contributed by atoms with E-state index in [1.54, 1.807) is 26.0 Å². The van der Waals surface area contributed by atoms with Crippen molar-refractivity contribution < 1.29 is 14.7 Å². The minimum absolute atomic E-state index is 0.111. The fourth-order valence-corrected chi connectivity index (χ4v) is 3.16. The lowest BCUT2D eigenvalue weighted by atomic mass is 9.74. The van der Waals surface area contributed by atoms with Gasteiger partial charge in [0.1, 0.15) is 5.76 Å². The Morgan fingerprint density at radius 3 is 2.30 bits per heavy atom. The molecule has 1 aliphatic carbocycles. The zero-order valence-electron chi connectivity index (χ0n) is 13.4. The molecule has 3 heteroatoms. The van der Waals surface area contributed by atoms with Gasteiger partial charge >= 0.3 is 0 Å². The van der Waals surface area contributed by atoms with E-state index < -0.39 is 17.0 Å². The average molecular weight is 306 g/mol. The molecule has 0 aromatic heterocycles. The summed E-state index contributed by atoms with van der Waals surface area (Å²) in [5, 5.41) is 12.3. The van der Waals surface area contributed by atoms with Crippen molar-refractivity contribution in [1.82, 2.24) is 0 Å². The van der Waals surface area contributed by atoms with E-state index in [-0.39, 0.29) is 16.9 Å². The molecule has 0 aliphatic heterocycles. The number of aliphatic hydroxyl groups excluding tert-OH is 1. The third kappa shape index (κ3) is 2.04. The predicted molar refractivity (Wildman–Crippen MR) is 91.5 cm³/mol. The number of hydrogen-bond acceptors (Lipinski definition) is 3. The van der Waals surface area contributed by atoms with Gasteiger partial charge in [0, 0.05) is 16.5 Å². The van der Waals surface area contributed by atoms with Crippen LogP contribution in [0.15, 0.2) is 48.6 Å². The van der Waals surface area contributed by atoms with Gasteiger partial charge in [0.05, 0.1) is 5.57 Å². The fraction of sp³-hybridized carbons (Fsp3) is 0.200. The van der Waals surface area contributed by atoms with Crippen molar-refractivity contribution in [1.29, 1.82) is 0 Å². The maximum atomic E-state index is 12.7. The zero-order valence-corrected chi connectivity index (χ0v) is 13.4. The number of rotatable bonds is 2. The molecule has 1 N–H and O–H groups in total. The van der Waals surface area contributed by atoms with Crippen molar-refractivity contribution in [3.05, 3.63) is 65.3 Å². The van der Waals surface area contributed by atoms with Crippen molar-refractivity contribution in [2.24, 2.45) is 5.41 Å². The molecule has 3 nitrogen and oxygen atoms in total. The number of benzene rings is 2. The Labute approximate surface area is 134 Å². The number of ketones is 2. The molecule has 0 saturated carbocycles. The SMILES string of the molecule is C=CC(C)(C)C1=C(O)c2cc(C)c3ccccc3c2C(=O)C1=O. The normalized spacial score (nSPS) is 15.1. The van der Waals surface area contributed by atoms with E-state index in [4.69, 9.17) is 0 Å². The Hall–Kier alpha value is -2.68. The Balaban J connectivity index is 2.47. The molecule has 0 heterocycles. The van der Waals surface area contributed by atoms with Gasteiger partial charge in [-0.2, -0.15) is 0 Å². The molecular weight excluding hydrogens is 288 g/mol. The van der Waals surface area contributed by atoms with Crippen LogP contribution in [0.4, 0.5) is 0 Å². The lowest BCUT2D eigenvalue weighted by molar-refractivity contribution is -0.112. The second-order valence-electron chi connectivity index (χ2n) is 6.47. The first-order valence-electron chi connectivity index (χ1n) is 7.48. The third-order valence-corrected chi connectivity index (χ3v) is 4.56. The van der Waals surface area contributed by atoms with E-state index in [0.717, 1.165) is 10.9 Å². The van der Waals surface area contributed by atoms with Crippen LogP contribution in [0.2, 0.25) is 0 Å². The second-order valence-corrected chi connectivity index (χ2v) is 6.47. The average Bonchev–Trinajstić information content (AvgIpc) is 2.53. The Morgan fingerprint density at radius 1 is 1.09 bits per heavy atom. The minimum atomic E-state index is -0.784. The van der Waals surface area contributed by atoms with Crippen LogP contribution in [0.1, 0.15) is 35.3 Å². The molecule has 0 unspecified atom stereocenters. The van der Waals surface area contributed by atoms with Gasteiger partial charge in [-0.3, -0.25) is 9.59 Å². The number of fused-ring (bicyclic) bond motifs is 3. The number of aliphatic hydroxyl groups is 1. The van der Waals surface area contributed by atoms with Gasteiger partial charge in [-0.05, 0) is 29.3 Å². The monoisotopic (exact) mass is 306 g/mol. The number of carbonyl (C=O) groups is 2. The van der Waals surface area contributed by atoms with Crippen molar-refractivity contribution in [3.8, 4) is 0 Å². The highest BCUT2D eigenvalue weighted by Gasteiger charge is 2.40. The van der Waals surface area contributed by atoms with E-state index in [0.29, 0.717) is 10.9 Å². The van der Waals surface area contributed by atoms with Gasteiger partial charge in [0.25, 0.3) is 0 Å². The van der Waals surface area contributed by atoms with Crippen LogP contribution < -0.4 is 0 Å². The Morgan fingerprint density at radius 2 is 1.70 bits per heavy atom. The molecule has 0 fully saturated rings. The fourth-order valence-electron chi connectivity index (χ4n) is 3.16. The van der Waals surface area contributed by atoms with Gasteiger partial charge in [0.15, 0.2) is 0 Å². The molecule has 0 saturated heterocycles. The molecule has 116 valence electrons. The summed E-state index contributed by atoms with van der Waals surface area (Å²) in [4.78, 5) is 25.3. The molecule has 0 bridgehead atoms. The van der Waals surface area contributed by atoms with E-state index in [2.05, 4.69) is 6.58 Å². The van der Waals surface area contributed by atoms with Gasteiger partial charge in [-0.1, -0.05) is 44.2 Å². The molecule has 1 aliphatic rings. The second kappa shape index (κ2) is 4.92. The first kappa shape index (κ1) is 15.2. The first-order valence-corrected chi connectivity index (χ1v) is 7.48. The Kier molecular flexibility index (Phi) is 3.25. The summed E-state index contributed by atoms with van der Waals surface area (Å²) in [6.07, 6.45) is 1.57. The standard InChI is InChI=1S/C20H18O3/c1-5-20(3,4)16-17(21)14-10-11(2)12-8-6-7-9-13(12)15(14)18(22)19(16)23/h5-10,21H,1H2,2-4H3. The minimum Gasteiger partial charge on any atom is -0.507 e. The van der Waals surface area contributed by atoms with Crippen LogP contribution in [0.5, 0.6) is 0 Å². The van der Waals surface area contributed by atoms with E-state index in [1.165, 1.54) is 0 Å².